The summed E-state index contributed by atoms with van der Waals surface area (Å²) < 4.78 is 0. The second kappa shape index (κ2) is 5.24. The van der Waals surface area contributed by atoms with Crippen LogP contribution in [0.15, 0.2) is 30.5 Å². The number of likely N-dealkylation sites (tertiary alicyclic amines) is 1. The van der Waals surface area contributed by atoms with E-state index in [0.29, 0.717) is 0 Å². The Morgan fingerprint density at radius 3 is 2.76 bits per heavy atom. The van der Waals surface area contributed by atoms with E-state index in [1.54, 1.807) is 0 Å². The highest BCUT2D eigenvalue weighted by molar-refractivity contribution is 6.35. The van der Waals surface area contributed by atoms with Crippen LogP contribution in [0.5, 0.6) is 0 Å². The predicted molar refractivity (Wildman–Crippen MR) is 88.5 cm³/mol. The molecule has 1 aliphatic rings. The van der Waals surface area contributed by atoms with Crippen molar-refractivity contribution in [2.45, 2.75) is 44.8 Å². The number of hydrogen-bond acceptors (Lipinski definition) is 3. The maximum absolute atomic E-state index is 6.42. The topological polar surface area (TPSA) is 42.1 Å². The van der Waals surface area contributed by atoms with Crippen LogP contribution < -0.4 is 5.73 Å². The monoisotopic (exact) mass is 303 g/mol. The van der Waals surface area contributed by atoms with Gasteiger partial charge in [-0.05, 0) is 51.0 Å². The fourth-order valence-electron chi connectivity index (χ4n) is 3.37. The average molecular weight is 304 g/mol. The lowest BCUT2D eigenvalue weighted by Crippen LogP contribution is -2.43. The Bertz CT molecular complexity index is 663. The molecule has 0 saturated carbocycles. The van der Waals surface area contributed by atoms with Gasteiger partial charge in [0.25, 0.3) is 0 Å². The summed E-state index contributed by atoms with van der Waals surface area (Å²) in [5.41, 5.74) is 8.67. The van der Waals surface area contributed by atoms with Crippen LogP contribution in [0.3, 0.4) is 0 Å². The normalized spacial score (nSPS) is 23.9. The zero-order valence-corrected chi connectivity index (χ0v) is 13.6. The van der Waals surface area contributed by atoms with Gasteiger partial charge >= 0.3 is 0 Å². The van der Waals surface area contributed by atoms with Crippen molar-refractivity contribution in [1.29, 1.82) is 0 Å². The van der Waals surface area contributed by atoms with Gasteiger partial charge in [0.2, 0.25) is 0 Å². The highest BCUT2D eigenvalue weighted by atomic mass is 35.5. The third-order valence-corrected chi connectivity index (χ3v) is 4.70. The Labute approximate surface area is 131 Å². The van der Waals surface area contributed by atoms with E-state index >= 15 is 0 Å². The van der Waals surface area contributed by atoms with Gasteiger partial charge < -0.3 is 5.73 Å². The number of aromatic nitrogens is 1. The van der Waals surface area contributed by atoms with Gasteiger partial charge in [-0.1, -0.05) is 17.7 Å². The fourth-order valence-corrected chi connectivity index (χ4v) is 3.58. The Hall–Kier alpha value is -1.16. The third kappa shape index (κ3) is 2.54. The zero-order valence-electron chi connectivity index (χ0n) is 12.8. The standard InChI is InChI=1S/C17H22ClN3/c1-17(2,3)21-10-8-14(19)16(21)12-6-7-13(18)11-5-4-9-20-15(11)12/h4-7,9,14,16H,8,10,19H2,1-3H3. The smallest absolute Gasteiger partial charge is 0.0765 e. The number of fused-ring (bicyclic) bond motifs is 1. The van der Waals surface area contributed by atoms with Crippen molar-refractivity contribution in [2.24, 2.45) is 5.73 Å². The minimum atomic E-state index is 0.0829. The second-order valence-electron chi connectivity index (χ2n) is 6.80. The van der Waals surface area contributed by atoms with Gasteiger partial charge in [0.1, 0.15) is 0 Å². The molecule has 4 heteroatoms. The lowest BCUT2D eigenvalue weighted by atomic mass is 9.95. The van der Waals surface area contributed by atoms with E-state index in [2.05, 4.69) is 36.7 Å². The van der Waals surface area contributed by atoms with Crippen LogP contribution in [0.4, 0.5) is 0 Å². The van der Waals surface area contributed by atoms with Crippen molar-refractivity contribution in [2.75, 3.05) is 6.54 Å². The fraction of sp³-hybridized carbons (Fsp3) is 0.471. The first-order valence-corrected chi connectivity index (χ1v) is 7.83. The molecule has 3 nitrogen and oxygen atoms in total. The van der Waals surface area contributed by atoms with E-state index in [0.717, 1.165) is 28.9 Å². The molecule has 2 heterocycles. The molecule has 2 aromatic rings. The van der Waals surface area contributed by atoms with E-state index in [1.165, 1.54) is 5.56 Å². The Balaban J connectivity index is 2.17. The Morgan fingerprint density at radius 2 is 2.05 bits per heavy atom. The van der Waals surface area contributed by atoms with Crippen molar-refractivity contribution < 1.29 is 0 Å². The minimum absolute atomic E-state index is 0.0829. The summed E-state index contributed by atoms with van der Waals surface area (Å²) in [4.78, 5) is 7.05. The molecule has 1 fully saturated rings. The van der Waals surface area contributed by atoms with Crippen LogP contribution in [0.25, 0.3) is 10.9 Å². The van der Waals surface area contributed by atoms with Gasteiger partial charge in [0.15, 0.2) is 0 Å². The molecular weight excluding hydrogens is 282 g/mol. The molecule has 1 saturated heterocycles. The van der Waals surface area contributed by atoms with E-state index in [-0.39, 0.29) is 17.6 Å². The Kier molecular flexibility index (Phi) is 3.68. The molecular formula is C17H22ClN3. The summed E-state index contributed by atoms with van der Waals surface area (Å²) >= 11 is 6.31. The first kappa shape index (κ1) is 14.8. The van der Waals surface area contributed by atoms with E-state index in [9.17, 15) is 0 Å². The van der Waals surface area contributed by atoms with Crippen LogP contribution in [0, 0.1) is 0 Å². The molecule has 1 aromatic carbocycles. The van der Waals surface area contributed by atoms with Gasteiger partial charge in [0, 0.05) is 34.7 Å². The number of pyridine rings is 1. The largest absolute Gasteiger partial charge is 0.326 e. The molecule has 21 heavy (non-hydrogen) atoms. The molecule has 1 aromatic heterocycles. The number of benzene rings is 1. The number of nitrogens with zero attached hydrogens (tertiary/aromatic N) is 2. The maximum Gasteiger partial charge on any atom is 0.0765 e. The van der Waals surface area contributed by atoms with E-state index < -0.39 is 0 Å². The van der Waals surface area contributed by atoms with Gasteiger partial charge in [-0.15, -0.1) is 0 Å². The minimum Gasteiger partial charge on any atom is -0.326 e. The molecule has 2 unspecified atom stereocenters. The van der Waals surface area contributed by atoms with E-state index in [1.807, 2.05) is 24.4 Å². The Morgan fingerprint density at radius 1 is 1.29 bits per heavy atom. The van der Waals surface area contributed by atoms with Crippen LogP contribution in [-0.4, -0.2) is 28.0 Å². The van der Waals surface area contributed by atoms with Crippen LogP contribution in [0.1, 0.15) is 38.8 Å². The summed E-state index contributed by atoms with van der Waals surface area (Å²) in [5, 5.41) is 1.75. The lowest BCUT2D eigenvalue weighted by molar-refractivity contribution is 0.117. The molecule has 1 aliphatic heterocycles. The first-order valence-electron chi connectivity index (χ1n) is 7.45. The summed E-state index contributed by atoms with van der Waals surface area (Å²) in [6.45, 7) is 7.74. The predicted octanol–water partition coefficient (Wildman–Crippen LogP) is 3.76. The lowest BCUT2D eigenvalue weighted by Gasteiger charge is -2.38. The third-order valence-electron chi connectivity index (χ3n) is 4.37. The molecule has 0 amide bonds. The van der Waals surface area contributed by atoms with Crippen LogP contribution in [-0.2, 0) is 0 Å². The summed E-state index contributed by atoms with van der Waals surface area (Å²) in [5.74, 6) is 0. The van der Waals surface area contributed by atoms with Crippen molar-refractivity contribution in [3.8, 4) is 0 Å². The second-order valence-corrected chi connectivity index (χ2v) is 7.20. The highest BCUT2D eigenvalue weighted by Gasteiger charge is 2.39. The van der Waals surface area contributed by atoms with Gasteiger partial charge in [-0.3, -0.25) is 9.88 Å². The molecule has 0 spiro atoms. The molecule has 0 bridgehead atoms. The van der Waals surface area contributed by atoms with Crippen molar-refractivity contribution in [3.63, 3.8) is 0 Å². The SMILES string of the molecule is CC(C)(C)N1CCC(N)C1c1ccc(Cl)c2cccnc12. The zero-order chi connectivity index (χ0) is 15.2. The molecule has 2 N–H and O–H groups in total. The van der Waals surface area contributed by atoms with Crippen molar-refractivity contribution in [3.05, 3.63) is 41.0 Å². The highest BCUT2D eigenvalue weighted by Crippen LogP contribution is 2.40. The van der Waals surface area contributed by atoms with Crippen molar-refractivity contribution >= 4 is 22.5 Å². The number of hydrogen-bond donors (Lipinski definition) is 1. The molecule has 0 aliphatic carbocycles. The molecule has 2 atom stereocenters. The van der Waals surface area contributed by atoms with E-state index in [4.69, 9.17) is 17.3 Å². The first-order chi connectivity index (χ1) is 9.89. The van der Waals surface area contributed by atoms with Gasteiger partial charge in [-0.25, -0.2) is 0 Å². The molecule has 112 valence electrons. The van der Waals surface area contributed by atoms with Crippen LogP contribution >= 0.6 is 11.6 Å². The number of nitrogens with two attached hydrogens (primary N) is 1. The van der Waals surface area contributed by atoms with Gasteiger partial charge in [-0.2, -0.15) is 0 Å². The maximum atomic E-state index is 6.42. The quantitative estimate of drug-likeness (QED) is 0.872. The van der Waals surface area contributed by atoms with Crippen LogP contribution in [0.2, 0.25) is 5.02 Å². The summed E-state index contributed by atoms with van der Waals surface area (Å²) in [7, 11) is 0. The molecule has 3 rings (SSSR count). The summed E-state index contributed by atoms with van der Waals surface area (Å²) in [6.07, 6.45) is 2.84. The summed E-state index contributed by atoms with van der Waals surface area (Å²) in [6, 6.07) is 8.33. The number of halogens is 1. The number of rotatable bonds is 1. The average Bonchev–Trinajstić information content (AvgIpc) is 2.82. The van der Waals surface area contributed by atoms with Gasteiger partial charge in [0.05, 0.1) is 11.6 Å². The van der Waals surface area contributed by atoms with Crippen molar-refractivity contribution in [1.82, 2.24) is 9.88 Å². The molecule has 0 radical (unpaired) electrons.